The second-order valence-corrected chi connectivity index (χ2v) is 21.1. The molecule has 16 nitrogen and oxygen atoms in total. The molecule has 2 aliphatic rings. The van der Waals surface area contributed by atoms with E-state index in [4.69, 9.17) is 35.5 Å². The molecular formula is C44H34N8NiO8S4. The fraction of sp³-hybridized carbons (Fsp3) is 0.0227. The van der Waals surface area contributed by atoms with Gasteiger partial charge in [0, 0.05) is 16.3 Å². The first-order valence-corrected chi connectivity index (χ1v) is 25.2. The van der Waals surface area contributed by atoms with Crippen molar-refractivity contribution in [3.8, 4) is 0 Å². The van der Waals surface area contributed by atoms with Crippen LogP contribution in [0.15, 0.2) is 176 Å². The maximum atomic E-state index is 12.3. The second kappa shape index (κ2) is 16.6. The Morgan fingerprint density at radius 3 is 1.23 bits per heavy atom. The predicted molar refractivity (Wildman–Crippen MR) is 238 cm³/mol. The van der Waals surface area contributed by atoms with Crippen LogP contribution in [0.3, 0.4) is 0 Å². The summed E-state index contributed by atoms with van der Waals surface area (Å²) in [5.74, 6) is -0.676. The number of rotatable bonds is 8. The van der Waals surface area contributed by atoms with Gasteiger partial charge in [-0.05, 0) is 112 Å². The quantitative estimate of drug-likeness (QED) is 0.138. The van der Waals surface area contributed by atoms with Crippen molar-refractivity contribution in [1.82, 2.24) is 15.0 Å². The number of primary sulfonamides is 4. The van der Waals surface area contributed by atoms with Crippen LogP contribution in [-0.2, 0) is 56.6 Å². The summed E-state index contributed by atoms with van der Waals surface area (Å²) in [6.45, 7) is 0. The largest absolute Gasteiger partial charge is 2.00 e. The zero-order chi connectivity index (χ0) is 45.3. The van der Waals surface area contributed by atoms with Gasteiger partial charge in [-0.2, -0.15) is 0 Å². The van der Waals surface area contributed by atoms with E-state index in [2.05, 4.69) is 4.98 Å². The Kier molecular flexibility index (Phi) is 11.6. The molecule has 0 fully saturated rings. The van der Waals surface area contributed by atoms with E-state index in [1.54, 1.807) is 78.9 Å². The van der Waals surface area contributed by atoms with Gasteiger partial charge >= 0.3 is 16.5 Å². The Morgan fingerprint density at radius 1 is 0.431 bits per heavy atom. The van der Waals surface area contributed by atoms with Crippen molar-refractivity contribution in [3.05, 3.63) is 207 Å². The SMILES string of the molecule is NS(=O)(=O)c1ccc(C2=C3C=CC(=N3)C(c3ccc(S(N)(=O)=O)cc3)=c3ccc([nH]3)=C(c3ccc(S(N)(=O)=O)cc3)c3ccc([n-]3)C(c3ccc(S(N)(=O)=O)cc3)c3ccc2[n-]3)cc1.[Ni+2]. The van der Waals surface area contributed by atoms with E-state index in [1.807, 2.05) is 18.2 Å². The zero-order valence-electron chi connectivity index (χ0n) is 33.3. The molecule has 0 saturated heterocycles. The van der Waals surface area contributed by atoms with Crippen molar-refractivity contribution in [1.29, 1.82) is 0 Å². The second-order valence-electron chi connectivity index (χ2n) is 14.9. The number of nitrogens with zero attached hydrogens (tertiary/aromatic N) is 3. The summed E-state index contributed by atoms with van der Waals surface area (Å²) >= 11 is 0. The van der Waals surface area contributed by atoms with E-state index in [1.165, 1.54) is 48.5 Å². The average Bonchev–Trinajstić information content (AvgIpc) is 4.08. The van der Waals surface area contributed by atoms with Gasteiger partial charge in [-0.3, -0.25) is 0 Å². The third-order valence-corrected chi connectivity index (χ3v) is 14.5. The van der Waals surface area contributed by atoms with Gasteiger partial charge in [-0.15, -0.1) is 22.8 Å². The van der Waals surface area contributed by atoms with Crippen LogP contribution >= 0.6 is 0 Å². The maximum absolute atomic E-state index is 12.3. The van der Waals surface area contributed by atoms with E-state index in [0.29, 0.717) is 83.9 Å². The standard InChI is InChI=1S/C44H34N8O8S4.Ni/c45-61(53,54)29-9-1-25(2-10-29)41-33-17-19-35(49-33)42(26-3-11-30(12-4-26)62(46,55)56)37-21-23-39(51-37)44(28-7-15-32(16-8-28)64(48,59)60)40-24-22-38(52-40)43(36-20-18-34(41)50-36)27-5-13-31(14-6-27)63(47,57)58;/h1-24,41,51H,(H2,45,53,54)(H2,46,55,56)(H2,47,57,58)(H2,48,59,60);/q-2;+2. The summed E-state index contributed by atoms with van der Waals surface area (Å²) in [5, 5.41) is 22.9. The van der Waals surface area contributed by atoms with Gasteiger partial charge in [0.25, 0.3) is 0 Å². The van der Waals surface area contributed by atoms with Gasteiger partial charge in [0.2, 0.25) is 40.1 Å². The fourth-order valence-corrected chi connectivity index (χ4v) is 9.83. The van der Waals surface area contributed by atoms with E-state index >= 15 is 0 Å². The molecule has 9 N–H and O–H groups in total. The van der Waals surface area contributed by atoms with Gasteiger partial charge in [0.1, 0.15) is 0 Å². The Labute approximate surface area is 383 Å². The number of benzene rings is 4. The molecule has 332 valence electrons. The molecule has 1 unspecified atom stereocenters. The number of hydrogen-bond acceptors (Lipinski definition) is 9. The van der Waals surface area contributed by atoms with Crippen LogP contribution in [0, 0.1) is 0 Å². The predicted octanol–water partition coefficient (Wildman–Crippen LogP) is 1.93. The number of sulfonamides is 4. The minimum Gasteiger partial charge on any atom is -0.660 e. The summed E-state index contributed by atoms with van der Waals surface area (Å²) in [6, 6.07) is 34.9. The number of aliphatic imine (C=N–C) groups is 1. The molecule has 8 bridgehead atoms. The van der Waals surface area contributed by atoms with Gasteiger partial charge < -0.3 is 15.0 Å². The minimum atomic E-state index is -4.03. The van der Waals surface area contributed by atoms with Gasteiger partial charge in [0.05, 0.1) is 31.0 Å². The first-order chi connectivity index (χ1) is 30.2. The molecule has 0 spiro atoms. The topological polar surface area (TPSA) is 297 Å². The Morgan fingerprint density at radius 2 is 0.800 bits per heavy atom. The monoisotopic (exact) mass is 988 g/mol. The number of nitrogens with two attached hydrogens (primary N) is 4. The summed E-state index contributed by atoms with van der Waals surface area (Å²) in [7, 11) is -16.1. The molecule has 65 heavy (non-hydrogen) atoms. The van der Waals surface area contributed by atoms with Crippen LogP contribution in [0.5, 0.6) is 0 Å². The van der Waals surface area contributed by atoms with Gasteiger partial charge in [0.15, 0.2) is 0 Å². The number of nitrogens with one attached hydrogen (secondary N) is 1. The Bertz CT molecular complexity index is 3750. The smallest absolute Gasteiger partial charge is 0.660 e. The van der Waals surface area contributed by atoms with Crippen molar-refractivity contribution in [3.63, 3.8) is 0 Å². The van der Waals surface area contributed by atoms with Crippen molar-refractivity contribution in [2.45, 2.75) is 25.5 Å². The summed E-state index contributed by atoms with van der Waals surface area (Å²) in [5.41, 5.74) is 6.89. The van der Waals surface area contributed by atoms with Crippen LogP contribution in [0.2, 0.25) is 0 Å². The zero-order valence-corrected chi connectivity index (χ0v) is 37.6. The third kappa shape index (κ3) is 8.93. The molecule has 0 aliphatic carbocycles. The molecule has 0 saturated carbocycles. The maximum Gasteiger partial charge on any atom is 2.00 e. The minimum absolute atomic E-state index is 0. The van der Waals surface area contributed by atoms with E-state index < -0.39 is 46.0 Å². The molecule has 21 heteroatoms. The Hall–Kier alpha value is -6.26. The third-order valence-electron chi connectivity index (χ3n) is 10.8. The molecule has 5 heterocycles. The fourth-order valence-electron chi connectivity index (χ4n) is 7.77. The average molecular weight is 990 g/mol. The number of H-pyrrole nitrogens is 1. The van der Waals surface area contributed by atoms with Crippen molar-refractivity contribution < 1.29 is 50.2 Å². The molecular weight excluding hydrogens is 955 g/mol. The first kappa shape index (κ1) is 45.3. The van der Waals surface area contributed by atoms with Crippen molar-refractivity contribution in [2.75, 3.05) is 0 Å². The molecule has 1 atom stereocenters. The van der Waals surface area contributed by atoms with Crippen molar-refractivity contribution >= 4 is 62.5 Å². The Balaban J connectivity index is 0.00000576. The molecule has 2 aliphatic heterocycles. The van der Waals surface area contributed by atoms with Gasteiger partial charge in [-0.25, -0.2) is 59.2 Å². The summed E-state index contributed by atoms with van der Waals surface area (Å²) in [6.07, 6.45) is 3.57. The number of allylic oxidation sites excluding steroid dienone is 2. The van der Waals surface area contributed by atoms with Crippen molar-refractivity contribution in [2.24, 2.45) is 25.5 Å². The molecule has 7 aromatic rings. The molecule has 4 aromatic carbocycles. The van der Waals surface area contributed by atoms with E-state index in [-0.39, 0.29) is 36.1 Å². The molecule has 0 amide bonds. The van der Waals surface area contributed by atoms with Crippen LogP contribution in [0.1, 0.15) is 50.9 Å². The van der Waals surface area contributed by atoms with Crippen LogP contribution in [0.4, 0.5) is 0 Å². The first-order valence-electron chi connectivity index (χ1n) is 19.0. The molecule has 3 aromatic heterocycles. The normalized spacial score (nSPS) is 15.5. The van der Waals surface area contributed by atoms with E-state index in [0.717, 1.165) is 0 Å². The molecule has 9 rings (SSSR count). The molecule has 0 radical (unpaired) electrons. The van der Waals surface area contributed by atoms with E-state index in [9.17, 15) is 33.7 Å². The number of aromatic nitrogens is 3. The number of fused-ring (bicyclic) bond motifs is 7. The van der Waals surface area contributed by atoms with Crippen LogP contribution in [-0.4, -0.2) is 44.4 Å². The van der Waals surface area contributed by atoms with Gasteiger partial charge in [-0.1, -0.05) is 72.8 Å². The van der Waals surface area contributed by atoms with Crippen LogP contribution in [0.25, 0.3) is 16.7 Å². The summed E-state index contributed by atoms with van der Waals surface area (Å²) in [4.78, 5) is 18.5. The summed E-state index contributed by atoms with van der Waals surface area (Å²) < 4.78 is 98.1. The number of hydrogen-bond donors (Lipinski definition) is 5. The van der Waals surface area contributed by atoms with Crippen LogP contribution < -0.4 is 41.2 Å². The number of aromatic amines is 1.